The highest BCUT2D eigenvalue weighted by atomic mass is 32.2. The molecule has 2 amide bonds. The number of nitrogens with one attached hydrogen (secondary N) is 1. The lowest BCUT2D eigenvalue weighted by Gasteiger charge is -2.28. The molecular weight excluding hydrogens is 324 g/mol. The molecule has 2 aromatic rings. The third kappa shape index (κ3) is 2.82. The molecule has 1 aromatic carbocycles. The van der Waals surface area contributed by atoms with E-state index in [-0.39, 0.29) is 23.9 Å². The van der Waals surface area contributed by atoms with Crippen molar-refractivity contribution in [1.82, 2.24) is 4.90 Å². The highest BCUT2D eigenvalue weighted by Gasteiger charge is 2.37. The zero-order valence-corrected chi connectivity index (χ0v) is 14.1. The molecule has 1 atom stereocenters. The van der Waals surface area contributed by atoms with Gasteiger partial charge in [-0.3, -0.25) is 9.59 Å². The van der Waals surface area contributed by atoms with Crippen molar-refractivity contribution in [2.45, 2.75) is 36.7 Å². The number of hydrogen-bond donors (Lipinski definition) is 1. The van der Waals surface area contributed by atoms with Gasteiger partial charge in [0.15, 0.2) is 0 Å². The first-order valence-electron chi connectivity index (χ1n) is 8.06. The highest BCUT2D eigenvalue weighted by Crippen LogP contribution is 2.37. The van der Waals surface area contributed by atoms with Gasteiger partial charge in [0, 0.05) is 16.5 Å². The Morgan fingerprint density at radius 3 is 2.92 bits per heavy atom. The van der Waals surface area contributed by atoms with Crippen molar-refractivity contribution in [3.8, 4) is 0 Å². The standard InChI is InChI=1S/C18H18N2O3S/c1-11(15-3-2-8-23-15)20(13-5-6-13)18(22)12-4-7-16-14(9-12)19-17(21)10-24-16/h2-4,7-9,11,13H,5-6,10H2,1H3,(H,19,21)/t11-/m1/s1. The van der Waals surface area contributed by atoms with E-state index in [1.807, 2.05) is 36.1 Å². The minimum atomic E-state index is -0.111. The van der Waals surface area contributed by atoms with Crippen molar-refractivity contribution in [2.75, 3.05) is 11.1 Å². The maximum absolute atomic E-state index is 13.1. The summed E-state index contributed by atoms with van der Waals surface area (Å²) in [6.45, 7) is 1.99. The number of fused-ring (bicyclic) bond motifs is 1. The second-order valence-corrected chi connectivity index (χ2v) is 7.20. The molecule has 0 unspecified atom stereocenters. The van der Waals surface area contributed by atoms with Crippen molar-refractivity contribution in [3.05, 3.63) is 47.9 Å². The van der Waals surface area contributed by atoms with Gasteiger partial charge in [0.05, 0.1) is 23.7 Å². The number of thioether (sulfide) groups is 1. The van der Waals surface area contributed by atoms with Crippen LogP contribution in [0.5, 0.6) is 0 Å². The average Bonchev–Trinajstić information content (AvgIpc) is 3.25. The van der Waals surface area contributed by atoms with Crippen molar-refractivity contribution in [1.29, 1.82) is 0 Å². The van der Waals surface area contributed by atoms with E-state index in [9.17, 15) is 9.59 Å². The lowest BCUT2D eigenvalue weighted by Crippen LogP contribution is -2.35. The van der Waals surface area contributed by atoms with E-state index in [4.69, 9.17) is 4.42 Å². The van der Waals surface area contributed by atoms with Gasteiger partial charge in [-0.2, -0.15) is 0 Å². The molecule has 1 fully saturated rings. The normalized spacial score (nSPS) is 17.8. The van der Waals surface area contributed by atoms with E-state index in [2.05, 4.69) is 5.32 Å². The topological polar surface area (TPSA) is 62.6 Å². The highest BCUT2D eigenvalue weighted by molar-refractivity contribution is 8.00. The molecule has 2 aliphatic rings. The summed E-state index contributed by atoms with van der Waals surface area (Å²) in [5.41, 5.74) is 1.32. The third-order valence-electron chi connectivity index (χ3n) is 4.41. The summed E-state index contributed by atoms with van der Waals surface area (Å²) in [6, 6.07) is 9.43. The first-order valence-corrected chi connectivity index (χ1v) is 9.05. The molecule has 0 saturated heterocycles. The average molecular weight is 342 g/mol. The number of hydrogen-bond acceptors (Lipinski definition) is 4. The van der Waals surface area contributed by atoms with Crippen LogP contribution in [0.25, 0.3) is 0 Å². The van der Waals surface area contributed by atoms with Crippen LogP contribution in [0, 0.1) is 0 Å². The second kappa shape index (κ2) is 6.02. The SMILES string of the molecule is C[C@H](c1ccco1)N(C(=O)c1ccc2c(c1)NC(=O)CS2)C1CC1. The Morgan fingerprint density at radius 2 is 2.21 bits per heavy atom. The van der Waals surface area contributed by atoms with Crippen LogP contribution in [0.2, 0.25) is 0 Å². The largest absolute Gasteiger partial charge is 0.467 e. The molecule has 0 spiro atoms. The van der Waals surface area contributed by atoms with E-state index >= 15 is 0 Å². The first-order chi connectivity index (χ1) is 11.6. The molecule has 5 nitrogen and oxygen atoms in total. The van der Waals surface area contributed by atoms with Crippen LogP contribution in [0.1, 0.15) is 41.9 Å². The smallest absolute Gasteiger partial charge is 0.254 e. The van der Waals surface area contributed by atoms with Gasteiger partial charge >= 0.3 is 0 Å². The fourth-order valence-electron chi connectivity index (χ4n) is 3.04. The molecule has 1 N–H and O–H groups in total. The molecule has 24 heavy (non-hydrogen) atoms. The number of carbonyl (C=O) groups excluding carboxylic acids is 2. The Kier molecular flexibility index (Phi) is 3.84. The van der Waals surface area contributed by atoms with Crippen molar-refractivity contribution >= 4 is 29.3 Å². The maximum Gasteiger partial charge on any atom is 0.254 e. The Hall–Kier alpha value is -2.21. The molecule has 1 aliphatic carbocycles. The van der Waals surface area contributed by atoms with Crippen LogP contribution in [-0.4, -0.2) is 28.5 Å². The summed E-state index contributed by atoms with van der Waals surface area (Å²) < 4.78 is 5.49. The second-order valence-electron chi connectivity index (χ2n) is 6.18. The number of nitrogens with zero attached hydrogens (tertiary/aromatic N) is 1. The fraction of sp³-hybridized carbons (Fsp3) is 0.333. The van der Waals surface area contributed by atoms with Gasteiger partial charge < -0.3 is 14.6 Å². The number of amides is 2. The van der Waals surface area contributed by atoms with Crippen LogP contribution in [0.15, 0.2) is 45.9 Å². The summed E-state index contributed by atoms with van der Waals surface area (Å²) in [6.07, 6.45) is 3.68. The van der Waals surface area contributed by atoms with Crippen molar-refractivity contribution in [2.24, 2.45) is 0 Å². The zero-order valence-electron chi connectivity index (χ0n) is 13.3. The number of furan rings is 1. The van der Waals surface area contributed by atoms with Gasteiger partial charge in [-0.05, 0) is 50.1 Å². The van der Waals surface area contributed by atoms with Gasteiger partial charge in [0.25, 0.3) is 5.91 Å². The Morgan fingerprint density at radius 1 is 1.38 bits per heavy atom. The van der Waals surface area contributed by atoms with E-state index in [1.165, 1.54) is 11.8 Å². The van der Waals surface area contributed by atoms with Crippen LogP contribution >= 0.6 is 11.8 Å². The van der Waals surface area contributed by atoms with Crippen LogP contribution < -0.4 is 5.32 Å². The molecule has 6 heteroatoms. The maximum atomic E-state index is 13.1. The lowest BCUT2D eigenvalue weighted by atomic mass is 10.1. The Labute approximate surface area is 144 Å². The van der Waals surface area contributed by atoms with Crippen molar-refractivity contribution in [3.63, 3.8) is 0 Å². The van der Waals surface area contributed by atoms with Crippen LogP contribution in [0.4, 0.5) is 5.69 Å². The zero-order chi connectivity index (χ0) is 16.7. The summed E-state index contributed by atoms with van der Waals surface area (Å²) >= 11 is 1.50. The fourth-order valence-corrected chi connectivity index (χ4v) is 3.83. The molecular formula is C18H18N2O3S. The van der Waals surface area contributed by atoms with E-state index in [0.29, 0.717) is 11.3 Å². The number of benzene rings is 1. The predicted molar refractivity (Wildman–Crippen MR) is 92.1 cm³/mol. The third-order valence-corrected chi connectivity index (χ3v) is 5.48. The number of carbonyl (C=O) groups is 2. The van der Waals surface area contributed by atoms with Gasteiger partial charge in [-0.15, -0.1) is 11.8 Å². The Bertz CT molecular complexity index is 784. The molecule has 4 rings (SSSR count). The van der Waals surface area contributed by atoms with Gasteiger partial charge in [-0.25, -0.2) is 0 Å². The summed E-state index contributed by atoms with van der Waals surface area (Å²) in [4.78, 5) is 27.6. The van der Waals surface area contributed by atoms with Crippen molar-refractivity contribution < 1.29 is 14.0 Å². The number of anilines is 1. The van der Waals surface area contributed by atoms with Gasteiger partial charge in [0.1, 0.15) is 5.76 Å². The van der Waals surface area contributed by atoms with Crippen LogP contribution in [-0.2, 0) is 4.79 Å². The summed E-state index contributed by atoms with van der Waals surface area (Å²) in [7, 11) is 0. The molecule has 2 heterocycles. The van der Waals surface area contributed by atoms with E-state index in [0.717, 1.165) is 29.2 Å². The monoisotopic (exact) mass is 342 g/mol. The molecule has 124 valence electrons. The molecule has 0 radical (unpaired) electrons. The lowest BCUT2D eigenvalue weighted by molar-refractivity contribution is -0.113. The van der Waals surface area contributed by atoms with Gasteiger partial charge in [-0.1, -0.05) is 0 Å². The number of rotatable bonds is 4. The summed E-state index contributed by atoms with van der Waals surface area (Å²) in [5, 5.41) is 2.85. The van der Waals surface area contributed by atoms with Gasteiger partial charge in [0.2, 0.25) is 5.91 Å². The molecule has 1 aliphatic heterocycles. The van der Waals surface area contributed by atoms with E-state index in [1.54, 1.807) is 12.3 Å². The predicted octanol–water partition coefficient (Wildman–Crippen LogP) is 3.69. The molecule has 1 aromatic heterocycles. The molecule has 1 saturated carbocycles. The van der Waals surface area contributed by atoms with E-state index < -0.39 is 0 Å². The van der Waals surface area contributed by atoms with Crippen LogP contribution in [0.3, 0.4) is 0 Å². The first kappa shape index (κ1) is 15.3. The Balaban J connectivity index is 1.63. The summed E-state index contributed by atoms with van der Waals surface area (Å²) in [5.74, 6) is 1.16. The minimum Gasteiger partial charge on any atom is -0.467 e. The minimum absolute atomic E-state index is 0.0194. The quantitative estimate of drug-likeness (QED) is 0.920. The molecule has 0 bridgehead atoms.